The van der Waals surface area contributed by atoms with Crippen molar-refractivity contribution in [2.24, 2.45) is 0 Å². The molecule has 0 radical (unpaired) electrons. The van der Waals surface area contributed by atoms with Crippen LogP contribution in [0.1, 0.15) is 25.3 Å². The average molecular weight is 376 g/mol. The first-order valence-electron chi connectivity index (χ1n) is 9.71. The molecule has 2 aromatic rings. The van der Waals surface area contributed by atoms with Crippen molar-refractivity contribution in [2.75, 3.05) is 19.6 Å². The first-order chi connectivity index (χ1) is 13.0. The summed E-state index contributed by atoms with van der Waals surface area (Å²) in [5.74, 6) is 0.537. The monoisotopic (exact) mass is 376 g/mol. The lowest BCUT2D eigenvalue weighted by molar-refractivity contribution is -0.268. The van der Waals surface area contributed by atoms with Gasteiger partial charge in [-0.3, -0.25) is 0 Å². The molecule has 2 aliphatic rings. The van der Waals surface area contributed by atoms with Crippen LogP contribution >= 0.6 is 0 Å². The van der Waals surface area contributed by atoms with Crippen LogP contribution < -0.4 is 4.74 Å². The predicted molar refractivity (Wildman–Crippen MR) is 101 cm³/mol. The van der Waals surface area contributed by atoms with Crippen molar-refractivity contribution in [3.05, 3.63) is 30.0 Å². The van der Waals surface area contributed by atoms with Gasteiger partial charge in [-0.15, -0.1) is 0 Å². The van der Waals surface area contributed by atoms with Gasteiger partial charge in [0.1, 0.15) is 24.1 Å². The summed E-state index contributed by atoms with van der Waals surface area (Å²) in [5, 5.41) is 31.0. The SMILES string of the molecule is CC1OC(Oc2ccc3c(CCN4CCCC4)c[nH]c3c2)C(O)C(O)C1O. The van der Waals surface area contributed by atoms with Gasteiger partial charge < -0.3 is 34.7 Å². The van der Waals surface area contributed by atoms with Crippen LogP contribution in [0.15, 0.2) is 24.4 Å². The van der Waals surface area contributed by atoms with Gasteiger partial charge in [-0.05, 0) is 57.0 Å². The summed E-state index contributed by atoms with van der Waals surface area (Å²) in [6.45, 7) is 5.11. The topological polar surface area (TPSA) is 98.2 Å². The average Bonchev–Trinajstić information content (AvgIpc) is 3.32. The maximum Gasteiger partial charge on any atom is 0.229 e. The van der Waals surface area contributed by atoms with E-state index in [1.165, 1.54) is 31.5 Å². The Balaban J connectivity index is 1.44. The maximum atomic E-state index is 10.1. The molecule has 2 aliphatic heterocycles. The zero-order valence-electron chi connectivity index (χ0n) is 15.5. The van der Waals surface area contributed by atoms with Gasteiger partial charge in [-0.2, -0.15) is 0 Å². The molecule has 5 atom stereocenters. The maximum absolute atomic E-state index is 10.1. The highest BCUT2D eigenvalue weighted by atomic mass is 16.7. The molecule has 148 valence electrons. The Bertz CT molecular complexity index is 773. The van der Waals surface area contributed by atoms with Gasteiger partial charge in [-0.25, -0.2) is 0 Å². The molecule has 5 unspecified atom stereocenters. The summed E-state index contributed by atoms with van der Waals surface area (Å²) in [6.07, 6.45) is 0.244. The molecule has 3 heterocycles. The van der Waals surface area contributed by atoms with E-state index >= 15 is 0 Å². The largest absolute Gasteiger partial charge is 0.462 e. The van der Waals surface area contributed by atoms with Crippen molar-refractivity contribution in [3.8, 4) is 5.75 Å². The molecule has 1 aromatic heterocycles. The Hall–Kier alpha value is -1.64. The second-order valence-corrected chi connectivity index (χ2v) is 7.62. The predicted octanol–water partition coefficient (Wildman–Crippen LogP) is 1.01. The number of hydrogen-bond donors (Lipinski definition) is 4. The molecule has 27 heavy (non-hydrogen) atoms. The van der Waals surface area contributed by atoms with E-state index in [0.717, 1.165) is 23.9 Å². The van der Waals surface area contributed by atoms with Crippen molar-refractivity contribution < 1.29 is 24.8 Å². The van der Waals surface area contributed by atoms with E-state index < -0.39 is 30.7 Å². The number of hydrogen-bond acceptors (Lipinski definition) is 6. The molecule has 0 bridgehead atoms. The number of nitrogens with zero attached hydrogens (tertiary/aromatic N) is 1. The van der Waals surface area contributed by atoms with Crippen molar-refractivity contribution in [2.45, 2.75) is 56.9 Å². The van der Waals surface area contributed by atoms with Gasteiger partial charge >= 0.3 is 0 Å². The van der Waals surface area contributed by atoms with Gasteiger partial charge in [0.2, 0.25) is 6.29 Å². The molecule has 2 fully saturated rings. The minimum Gasteiger partial charge on any atom is -0.462 e. The summed E-state index contributed by atoms with van der Waals surface area (Å²) >= 11 is 0. The van der Waals surface area contributed by atoms with E-state index in [9.17, 15) is 15.3 Å². The third-order valence-corrected chi connectivity index (χ3v) is 5.70. The van der Waals surface area contributed by atoms with Gasteiger partial charge in [-0.1, -0.05) is 0 Å². The number of aliphatic hydroxyl groups is 3. The fourth-order valence-corrected chi connectivity index (χ4v) is 3.98. The minimum atomic E-state index is -1.31. The molecule has 1 aromatic carbocycles. The zero-order valence-corrected chi connectivity index (χ0v) is 15.5. The van der Waals surface area contributed by atoms with E-state index in [0.29, 0.717) is 5.75 Å². The van der Waals surface area contributed by atoms with Crippen LogP contribution in [-0.2, 0) is 11.2 Å². The Morgan fingerprint density at radius 3 is 2.70 bits per heavy atom. The fraction of sp³-hybridized carbons (Fsp3) is 0.600. The van der Waals surface area contributed by atoms with Crippen molar-refractivity contribution in [1.29, 1.82) is 0 Å². The summed E-state index contributed by atoms with van der Waals surface area (Å²) in [4.78, 5) is 5.78. The lowest BCUT2D eigenvalue weighted by Crippen LogP contribution is -2.58. The molecular weight excluding hydrogens is 348 g/mol. The van der Waals surface area contributed by atoms with Gasteiger partial charge in [0.05, 0.1) is 6.10 Å². The minimum absolute atomic E-state index is 0.537. The second-order valence-electron chi connectivity index (χ2n) is 7.62. The summed E-state index contributed by atoms with van der Waals surface area (Å²) < 4.78 is 11.2. The molecule has 7 heteroatoms. The van der Waals surface area contributed by atoms with E-state index in [-0.39, 0.29) is 0 Å². The molecule has 0 aliphatic carbocycles. The molecule has 0 spiro atoms. The number of aromatic amines is 1. The van der Waals surface area contributed by atoms with Crippen LogP contribution in [0.4, 0.5) is 0 Å². The zero-order chi connectivity index (χ0) is 19.0. The highest BCUT2D eigenvalue weighted by Crippen LogP contribution is 2.28. The quantitative estimate of drug-likeness (QED) is 0.622. The molecule has 0 amide bonds. The number of likely N-dealkylation sites (tertiary alicyclic amines) is 1. The fourth-order valence-electron chi connectivity index (χ4n) is 3.98. The highest BCUT2D eigenvalue weighted by molar-refractivity contribution is 5.84. The first-order valence-corrected chi connectivity index (χ1v) is 9.71. The van der Waals surface area contributed by atoms with Crippen molar-refractivity contribution >= 4 is 10.9 Å². The van der Waals surface area contributed by atoms with Gasteiger partial charge in [0, 0.05) is 29.7 Å². The van der Waals surface area contributed by atoms with E-state index in [1.54, 1.807) is 6.92 Å². The summed E-state index contributed by atoms with van der Waals surface area (Å²) in [6, 6.07) is 5.71. The van der Waals surface area contributed by atoms with Crippen LogP contribution in [0.2, 0.25) is 0 Å². The number of aromatic nitrogens is 1. The number of nitrogens with one attached hydrogen (secondary N) is 1. The number of H-pyrrole nitrogens is 1. The number of fused-ring (bicyclic) bond motifs is 1. The normalized spacial score (nSPS) is 32.2. The van der Waals surface area contributed by atoms with Crippen LogP contribution in [0.25, 0.3) is 10.9 Å². The Labute approximate surface area is 158 Å². The van der Waals surface area contributed by atoms with Crippen LogP contribution in [0.5, 0.6) is 5.75 Å². The van der Waals surface area contributed by atoms with Crippen LogP contribution in [0, 0.1) is 0 Å². The third kappa shape index (κ3) is 3.83. The highest BCUT2D eigenvalue weighted by Gasteiger charge is 2.43. The Kier molecular flexibility index (Phi) is 5.39. The second kappa shape index (κ2) is 7.77. The molecular formula is C20H28N2O5. The lowest BCUT2D eigenvalue weighted by Gasteiger charge is -2.38. The van der Waals surface area contributed by atoms with E-state index in [4.69, 9.17) is 9.47 Å². The van der Waals surface area contributed by atoms with E-state index in [2.05, 4.69) is 9.88 Å². The first kappa shape index (κ1) is 18.7. The summed E-state index contributed by atoms with van der Waals surface area (Å²) in [5.41, 5.74) is 2.24. The van der Waals surface area contributed by atoms with E-state index in [1.807, 2.05) is 24.4 Å². The number of ether oxygens (including phenoxy) is 2. The number of benzene rings is 1. The summed E-state index contributed by atoms with van der Waals surface area (Å²) in [7, 11) is 0. The molecule has 4 N–H and O–H groups in total. The number of aliphatic hydroxyl groups excluding tert-OH is 3. The van der Waals surface area contributed by atoms with Gasteiger partial charge in [0.15, 0.2) is 0 Å². The molecule has 0 saturated carbocycles. The van der Waals surface area contributed by atoms with Crippen molar-refractivity contribution in [3.63, 3.8) is 0 Å². The molecule has 4 rings (SSSR count). The Morgan fingerprint density at radius 2 is 1.93 bits per heavy atom. The lowest BCUT2D eigenvalue weighted by atomic mass is 10.00. The van der Waals surface area contributed by atoms with Crippen LogP contribution in [-0.4, -0.2) is 75.5 Å². The standard InChI is InChI=1S/C20H28N2O5/c1-12-17(23)18(24)19(25)20(26-12)27-14-4-5-15-13(11-21-16(15)10-14)6-9-22-7-2-3-8-22/h4-5,10-12,17-21,23-25H,2-3,6-9H2,1H3. The van der Waals surface area contributed by atoms with Gasteiger partial charge in [0.25, 0.3) is 0 Å². The smallest absolute Gasteiger partial charge is 0.229 e. The van der Waals surface area contributed by atoms with Crippen molar-refractivity contribution in [1.82, 2.24) is 9.88 Å². The number of rotatable bonds is 5. The Morgan fingerprint density at radius 1 is 1.15 bits per heavy atom. The molecule has 2 saturated heterocycles. The third-order valence-electron chi connectivity index (χ3n) is 5.70. The van der Waals surface area contributed by atoms with Crippen LogP contribution in [0.3, 0.4) is 0 Å². The molecule has 7 nitrogen and oxygen atoms in total.